The zero-order chi connectivity index (χ0) is 16.7. The lowest BCUT2D eigenvalue weighted by Gasteiger charge is -2.33. The molecule has 1 fully saturated rings. The van der Waals surface area contributed by atoms with Gasteiger partial charge in [-0.15, -0.1) is 0 Å². The number of hydrogen-bond donors (Lipinski definition) is 1. The van der Waals surface area contributed by atoms with Crippen LogP contribution in [-0.4, -0.2) is 31.2 Å². The molecule has 1 unspecified atom stereocenters. The molecular weight excluding hydrogens is 292 g/mol. The normalized spacial score (nSPS) is 16.8. The molecule has 1 N–H and O–H groups in total. The number of amides is 1. The van der Waals surface area contributed by atoms with E-state index in [0.29, 0.717) is 19.0 Å². The van der Waals surface area contributed by atoms with Crippen LogP contribution in [0.1, 0.15) is 51.5 Å². The SMILES string of the molecule is CCCOC(CC)(CCOC)c1ccc(NC(=O)C2CC2)nc1. The average Bonchev–Trinajstić information content (AvgIpc) is 3.41. The van der Waals surface area contributed by atoms with Gasteiger partial charge in [0, 0.05) is 44.4 Å². The molecule has 5 nitrogen and oxygen atoms in total. The lowest BCUT2D eigenvalue weighted by Crippen LogP contribution is -2.31. The first kappa shape index (κ1) is 17.9. The topological polar surface area (TPSA) is 60.5 Å². The Bertz CT molecular complexity index is 489. The van der Waals surface area contributed by atoms with Crippen LogP contribution in [0.2, 0.25) is 0 Å². The molecule has 0 saturated heterocycles. The monoisotopic (exact) mass is 320 g/mol. The summed E-state index contributed by atoms with van der Waals surface area (Å²) in [6, 6.07) is 3.87. The number of anilines is 1. The average molecular weight is 320 g/mol. The minimum Gasteiger partial charge on any atom is -0.385 e. The first-order valence-corrected chi connectivity index (χ1v) is 8.55. The van der Waals surface area contributed by atoms with Gasteiger partial charge < -0.3 is 14.8 Å². The summed E-state index contributed by atoms with van der Waals surface area (Å²) in [5, 5.41) is 2.87. The summed E-state index contributed by atoms with van der Waals surface area (Å²) in [6.45, 7) is 5.56. The smallest absolute Gasteiger partial charge is 0.228 e. The third-order valence-corrected chi connectivity index (χ3v) is 4.35. The summed E-state index contributed by atoms with van der Waals surface area (Å²) in [5.41, 5.74) is 0.660. The van der Waals surface area contributed by atoms with Crippen molar-refractivity contribution in [3.8, 4) is 0 Å². The molecule has 1 saturated carbocycles. The summed E-state index contributed by atoms with van der Waals surface area (Å²) in [4.78, 5) is 16.2. The fourth-order valence-corrected chi connectivity index (χ4v) is 2.66. The van der Waals surface area contributed by atoms with Crippen molar-refractivity contribution in [2.24, 2.45) is 5.92 Å². The van der Waals surface area contributed by atoms with E-state index in [0.717, 1.165) is 37.7 Å². The quantitative estimate of drug-likeness (QED) is 0.717. The minimum absolute atomic E-state index is 0.0774. The van der Waals surface area contributed by atoms with Crippen molar-refractivity contribution in [3.05, 3.63) is 23.9 Å². The van der Waals surface area contributed by atoms with Crippen molar-refractivity contribution in [1.82, 2.24) is 4.98 Å². The second kappa shape index (κ2) is 8.41. The number of aromatic nitrogens is 1. The molecule has 1 aliphatic carbocycles. The van der Waals surface area contributed by atoms with Crippen LogP contribution in [0.5, 0.6) is 0 Å². The van der Waals surface area contributed by atoms with E-state index in [-0.39, 0.29) is 17.4 Å². The highest BCUT2D eigenvalue weighted by atomic mass is 16.5. The molecular formula is C18H28N2O3. The lowest BCUT2D eigenvalue weighted by molar-refractivity contribution is -0.117. The van der Waals surface area contributed by atoms with E-state index in [2.05, 4.69) is 24.1 Å². The van der Waals surface area contributed by atoms with Crippen LogP contribution < -0.4 is 5.32 Å². The van der Waals surface area contributed by atoms with E-state index in [4.69, 9.17) is 9.47 Å². The highest BCUT2D eigenvalue weighted by Crippen LogP contribution is 2.34. The van der Waals surface area contributed by atoms with Crippen LogP contribution in [-0.2, 0) is 19.9 Å². The van der Waals surface area contributed by atoms with Crippen LogP contribution in [0, 0.1) is 5.92 Å². The molecule has 23 heavy (non-hydrogen) atoms. The summed E-state index contributed by atoms with van der Waals surface area (Å²) in [5.74, 6) is 0.868. The van der Waals surface area contributed by atoms with Gasteiger partial charge in [-0.3, -0.25) is 4.79 Å². The van der Waals surface area contributed by atoms with Crippen LogP contribution in [0.25, 0.3) is 0 Å². The maximum Gasteiger partial charge on any atom is 0.228 e. The molecule has 0 aliphatic heterocycles. The van der Waals surface area contributed by atoms with Gasteiger partial charge in [-0.05, 0) is 31.7 Å². The predicted octanol–water partition coefficient (Wildman–Crippen LogP) is 3.50. The maximum atomic E-state index is 11.8. The van der Waals surface area contributed by atoms with Gasteiger partial charge in [-0.25, -0.2) is 4.98 Å². The van der Waals surface area contributed by atoms with Gasteiger partial charge in [0.1, 0.15) is 5.82 Å². The number of carbonyl (C=O) groups excluding carboxylic acids is 1. The van der Waals surface area contributed by atoms with Crippen molar-refractivity contribution >= 4 is 11.7 Å². The number of nitrogens with zero attached hydrogens (tertiary/aromatic N) is 1. The molecule has 1 atom stereocenters. The van der Waals surface area contributed by atoms with Crippen LogP contribution in [0.4, 0.5) is 5.82 Å². The van der Waals surface area contributed by atoms with Gasteiger partial charge in [0.2, 0.25) is 5.91 Å². The second-order valence-electron chi connectivity index (χ2n) is 6.13. The van der Waals surface area contributed by atoms with Crippen molar-refractivity contribution in [2.45, 2.75) is 51.6 Å². The fourth-order valence-electron chi connectivity index (χ4n) is 2.66. The van der Waals surface area contributed by atoms with E-state index in [1.54, 1.807) is 7.11 Å². The molecule has 0 spiro atoms. The Morgan fingerprint density at radius 3 is 2.65 bits per heavy atom. The summed E-state index contributed by atoms with van der Waals surface area (Å²) >= 11 is 0. The first-order chi connectivity index (χ1) is 11.1. The summed E-state index contributed by atoms with van der Waals surface area (Å²) < 4.78 is 11.4. The Labute approximate surface area is 138 Å². The third kappa shape index (κ3) is 4.75. The van der Waals surface area contributed by atoms with Gasteiger partial charge in [0.05, 0.1) is 5.60 Å². The van der Waals surface area contributed by atoms with Gasteiger partial charge in [0.15, 0.2) is 0 Å². The fraction of sp³-hybridized carbons (Fsp3) is 0.667. The Morgan fingerprint density at radius 2 is 2.13 bits per heavy atom. The Balaban J connectivity index is 2.11. The Morgan fingerprint density at radius 1 is 1.35 bits per heavy atom. The highest BCUT2D eigenvalue weighted by molar-refractivity contribution is 5.93. The van der Waals surface area contributed by atoms with E-state index in [1.165, 1.54) is 0 Å². The lowest BCUT2D eigenvalue weighted by atomic mass is 9.89. The van der Waals surface area contributed by atoms with Gasteiger partial charge in [-0.1, -0.05) is 19.9 Å². The number of carbonyl (C=O) groups is 1. The second-order valence-corrected chi connectivity index (χ2v) is 6.13. The molecule has 1 aromatic rings. The van der Waals surface area contributed by atoms with E-state index in [1.807, 2.05) is 18.3 Å². The van der Waals surface area contributed by atoms with Gasteiger partial charge >= 0.3 is 0 Å². The third-order valence-electron chi connectivity index (χ3n) is 4.35. The number of nitrogens with one attached hydrogen (secondary N) is 1. The highest BCUT2D eigenvalue weighted by Gasteiger charge is 2.32. The molecule has 0 aromatic carbocycles. The number of hydrogen-bond acceptors (Lipinski definition) is 4. The molecule has 1 amide bonds. The van der Waals surface area contributed by atoms with Crippen LogP contribution in [0.15, 0.2) is 18.3 Å². The molecule has 1 aromatic heterocycles. The number of ether oxygens (including phenoxy) is 2. The summed E-state index contributed by atoms with van der Waals surface area (Å²) in [7, 11) is 1.70. The zero-order valence-electron chi connectivity index (χ0n) is 14.4. The van der Waals surface area contributed by atoms with Crippen molar-refractivity contribution in [1.29, 1.82) is 0 Å². The van der Waals surface area contributed by atoms with Crippen LogP contribution >= 0.6 is 0 Å². The van der Waals surface area contributed by atoms with Crippen LogP contribution in [0.3, 0.4) is 0 Å². The molecule has 0 radical (unpaired) electrons. The molecule has 0 bridgehead atoms. The number of pyridine rings is 1. The van der Waals surface area contributed by atoms with Gasteiger partial charge in [0.25, 0.3) is 0 Å². The van der Waals surface area contributed by atoms with E-state index < -0.39 is 0 Å². The molecule has 1 aliphatic rings. The molecule has 5 heteroatoms. The predicted molar refractivity (Wildman–Crippen MR) is 90.3 cm³/mol. The number of methoxy groups -OCH3 is 1. The largest absolute Gasteiger partial charge is 0.385 e. The standard InChI is InChI=1S/C18H28N2O3/c1-4-11-23-18(5-2,10-12-22-3)15-8-9-16(19-13-15)20-17(21)14-6-7-14/h8-9,13-14H,4-7,10-12H2,1-3H3,(H,19,20,21). The van der Waals surface area contributed by atoms with Crippen molar-refractivity contribution in [3.63, 3.8) is 0 Å². The zero-order valence-corrected chi connectivity index (χ0v) is 14.4. The number of rotatable bonds is 10. The minimum atomic E-state index is -0.377. The maximum absolute atomic E-state index is 11.8. The molecule has 128 valence electrons. The summed E-state index contributed by atoms with van der Waals surface area (Å²) in [6.07, 6.45) is 6.41. The Kier molecular flexibility index (Phi) is 6.54. The van der Waals surface area contributed by atoms with E-state index in [9.17, 15) is 4.79 Å². The molecule has 1 heterocycles. The van der Waals surface area contributed by atoms with E-state index >= 15 is 0 Å². The Hall–Kier alpha value is -1.46. The van der Waals surface area contributed by atoms with Crippen molar-refractivity contribution in [2.75, 3.05) is 25.6 Å². The first-order valence-electron chi connectivity index (χ1n) is 8.55. The van der Waals surface area contributed by atoms with Gasteiger partial charge in [-0.2, -0.15) is 0 Å². The molecule has 2 rings (SSSR count). The van der Waals surface area contributed by atoms with Crippen molar-refractivity contribution < 1.29 is 14.3 Å².